The van der Waals surface area contributed by atoms with E-state index in [0.29, 0.717) is 0 Å². The van der Waals surface area contributed by atoms with Gasteiger partial charge in [0.25, 0.3) is 0 Å². The fourth-order valence-corrected chi connectivity index (χ4v) is 3.14. The highest BCUT2D eigenvalue weighted by Crippen LogP contribution is 2.53. The second-order valence-corrected chi connectivity index (χ2v) is 4.28. The van der Waals surface area contributed by atoms with Crippen LogP contribution in [0.15, 0.2) is 18.2 Å². The highest BCUT2D eigenvalue weighted by atomic mass is 14.4. The lowest BCUT2D eigenvalue weighted by Gasteiger charge is -2.16. The van der Waals surface area contributed by atoms with Gasteiger partial charge in [-0.05, 0) is 54.7 Å². The fourth-order valence-electron chi connectivity index (χ4n) is 3.14. The molecule has 1 fully saturated rings. The molecule has 0 heteroatoms. The Morgan fingerprint density at radius 3 is 2.83 bits per heavy atom. The molecule has 2 aliphatic rings. The Balaban J connectivity index is 2.26. The summed E-state index contributed by atoms with van der Waals surface area (Å²) in [6.45, 7) is 2.26. The summed E-state index contributed by atoms with van der Waals surface area (Å²) in [6, 6.07) is 6.82. The van der Waals surface area contributed by atoms with Gasteiger partial charge in [0, 0.05) is 0 Å². The molecule has 0 radical (unpaired) electrons. The molecular formula is C12H14. The largest absolute Gasteiger partial charge is 0.0617 e. The Labute approximate surface area is 73.6 Å². The van der Waals surface area contributed by atoms with Crippen molar-refractivity contribution < 1.29 is 0 Å². The average Bonchev–Trinajstić information content (AvgIpc) is 2.64. The van der Waals surface area contributed by atoms with Crippen LogP contribution >= 0.6 is 0 Å². The van der Waals surface area contributed by atoms with Crippen molar-refractivity contribution in [1.82, 2.24) is 0 Å². The average molecular weight is 158 g/mol. The van der Waals surface area contributed by atoms with Gasteiger partial charge < -0.3 is 0 Å². The van der Waals surface area contributed by atoms with E-state index in [2.05, 4.69) is 25.1 Å². The third-order valence-corrected chi connectivity index (χ3v) is 3.64. The first-order valence-corrected chi connectivity index (χ1v) is 4.95. The molecule has 1 aromatic rings. The summed E-state index contributed by atoms with van der Waals surface area (Å²) in [5.74, 6) is 1.84. The van der Waals surface area contributed by atoms with Gasteiger partial charge in [0.15, 0.2) is 0 Å². The van der Waals surface area contributed by atoms with Gasteiger partial charge in [-0.1, -0.05) is 18.2 Å². The quantitative estimate of drug-likeness (QED) is 0.543. The van der Waals surface area contributed by atoms with Gasteiger partial charge in [0.2, 0.25) is 0 Å². The first-order valence-electron chi connectivity index (χ1n) is 4.95. The molecule has 0 aliphatic heterocycles. The first-order chi connectivity index (χ1) is 5.86. The topological polar surface area (TPSA) is 0 Å². The van der Waals surface area contributed by atoms with Crippen LogP contribution in [0.3, 0.4) is 0 Å². The van der Waals surface area contributed by atoms with Crippen LogP contribution in [0.25, 0.3) is 0 Å². The molecule has 62 valence electrons. The van der Waals surface area contributed by atoms with Gasteiger partial charge in [0.1, 0.15) is 0 Å². The summed E-state index contributed by atoms with van der Waals surface area (Å²) < 4.78 is 0. The first kappa shape index (κ1) is 6.71. The zero-order chi connectivity index (χ0) is 8.13. The summed E-state index contributed by atoms with van der Waals surface area (Å²) in [6.07, 6.45) is 4.34. The van der Waals surface area contributed by atoms with E-state index in [0.717, 1.165) is 11.8 Å². The van der Waals surface area contributed by atoms with Gasteiger partial charge in [-0.2, -0.15) is 0 Å². The van der Waals surface area contributed by atoms with E-state index in [1.54, 1.807) is 11.1 Å². The van der Waals surface area contributed by atoms with Gasteiger partial charge >= 0.3 is 0 Å². The molecule has 0 saturated heterocycles. The predicted molar refractivity (Wildman–Crippen MR) is 50.5 cm³/mol. The summed E-state index contributed by atoms with van der Waals surface area (Å²) in [4.78, 5) is 0. The monoisotopic (exact) mass is 158 g/mol. The molecule has 2 unspecified atom stereocenters. The normalized spacial score (nSPS) is 30.8. The molecule has 2 bridgehead atoms. The van der Waals surface area contributed by atoms with Gasteiger partial charge in [-0.3, -0.25) is 0 Å². The van der Waals surface area contributed by atoms with Crippen molar-refractivity contribution in [2.45, 2.75) is 38.0 Å². The molecule has 0 amide bonds. The van der Waals surface area contributed by atoms with E-state index >= 15 is 0 Å². The number of fused-ring (bicyclic) bond motifs is 5. The Morgan fingerprint density at radius 2 is 2.00 bits per heavy atom. The van der Waals surface area contributed by atoms with Crippen LogP contribution in [0.2, 0.25) is 0 Å². The minimum absolute atomic E-state index is 0.921. The number of rotatable bonds is 0. The van der Waals surface area contributed by atoms with Crippen molar-refractivity contribution in [3.63, 3.8) is 0 Å². The van der Waals surface area contributed by atoms with Gasteiger partial charge in [0.05, 0.1) is 0 Å². The molecule has 0 spiro atoms. The van der Waals surface area contributed by atoms with Crippen LogP contribution in [0, 0.1) is 6.92 Å². The van der Waals surface area contributed by atoms with E-state index in [9.17, 15) is 0 Å². The van der Waals surface area contributed by atoms with Crippen molar-refractivity contribution in [3.05, 3.63) is 34.9 Å². The lowest BCUT2D eigenvalue weighted by Crippen LogP contribution is -1.99. The lowest BCUT2D eigenvalue weighted by atomic mass is 9.89. The van der Waals surface area contributed by atoms with Crippen LogP contribution < -0.4 is 0 Å². The molecular weight excluding hydrogens is 144 g/mol. The Hall–Kier alpha value is -0.780. The van der Waals surface area contributed by atoms with Crippen LogP contribution in [-0.4, -0.2) is 0 Å². The molecule has 2 atom stereocenters. The SMILES string of the molecule is Cc1cccc2c1C1CCC2C1. The van der Waals surface area contributed by atoms with E-state index in [-0.39, 0.29) is 0 Å². The molecule has 0 N–H and O–H groups in total. The van der Waals surface area contributed by atoms with Crippen LogP contribution in [0.4, 0.5) is 0 Å². The second kappa shape index (κ2) is 2.12. The van der Waals surface area contributed by atoms with E-state index in [1.807, 2.05) is 0 Å². The smallest absolute Gasteiger partial charge is 0.0150 e. The van der Waals surface area contributed by atoms with E-state index < -0.39 is 0 Å². The van der Waals surface area contributed by atoms with Gasteiger partial charge in [-0.25, -0.2) is 0 Å². The summed E-state index contributed by atoms with van der Waals surface area (Å²) in [5.41, 5.74) is 4.90. The summed E-state index contributed by atoms with van der Waals surface area (Å²) in [7, 11) is 0. The maximum Gasteiger partial charge on any atom is -0.0150 e. The third-order valence-electron chi connectivity index (χ3n) is 3.64. The number of aryl methyl sites for hydroxylation is 1. The minimum atomic E-state index is 0.921. The number of hydrogen-bond donors (Lipinski definition) is 0. The van der Waals surface area contributed by atoms with E-state index in [1.165, 1.54) is 24.8 Å². The molecule has 1 saturated carbocycles. The second-order valence-electron chi connectivity index (χ2n) is 4.28. The zero-order valence-electron chi connectivity index (χ0n) is 7.51. The Kier molecular flexibility index (Phi) is 1.19. The molecule has 12 heavy (non-hydrogen) atoms. The lowest BCUT2D eigenvalue weighted by molar-refractivity contribution is 0.713. The van der Waals surface area contributed by atoms with E-state index in [4.69, 9.17) is 0 Å². The van der Waals surface area contributed by atoms with Crippen LogP contribution in [0.5, 0.6) is 0 Å². The third kappa shape index (κ3) is 0.682. The van der Waals surface area contributed by atoms with Crippen molar-refractivity contribution in [3.8, 4) is 0 Å². The summed E-state index contributed by atoms with van der Waals surface area (Å²) in [5, 5.41) is 0. The number of benzene rings is 1. The van der Waals surface area contributed by atoms with Crippen molar-refractivity contribution >= 4 is 0 Å². The minimum Gasteiger partial charge on any atom is -0.0617 e. The van der Waals surface area contributed by atoms with Crippen molar-refractivity contribution in [2.75, 3.05) is 0 Å². The molecule has 0 aromatic heterocycles. The van der Waals surface area contributed by atoms with Crippen LogP contribution in [0.1, 0.15) is 47.8 Å². The maximum atomic E-state index is 2.34. The van der Waals surface area contributed by atoms with Crippen LogP contribution in [-0.2, 0) is 0 Å². The fraction of sp³-hybridized carbons (Fsp3) is 0.500. The highest BCUT2D eigenvalue weighted by Gasteiger charge is 2.37. The molecule has 3 rings (SSSR count). The predicted octanol–water partition coefficient (Wildman–Crippen LogP) is 3.36. The highest BCUT2D eigenvalue weighted by molar-refractivity contribution is 5.45. The Bertz CT molecular complexity index is 325. The molecule has 0 nitrogen and oxygen atoms in total. The molecule has 2 aliphatic carbocycles. The zero-order valence-corrected chi connectivity index (χ0v) is 7.51. The molecule has 1 aromatic carbocycles. The van der Waals surface area contributed by atoms with Gasteiger partial charge in [-0.15, -0.1) is 0 Å². The maximum absolute atomic E-state index is 2.34. The Morgan fingerprint density at radius 1 is 1.17 bits per heavy atom. The van der Waals surface area contributed by atoms with Crippen molar-refractivity contribution in [1.29, 1.82) is 0 Å². The van der Waals surface area contributed by atoms with Crippen molar-refractivity contribution in [2.24, 2.45) is 0 Å². The number of hydrogen-bond acceptors (Lipinski definition) is 0. The molecule has 0 heterocycles. The standard InChI is InChI=1S/C12H14/c1-8-3-2-4-11-9-5-6-10(7-9)12(8)11/h2-4,9-10H,5-7H2,1H3. The summed E-state index contributed by atoms with van der Waals surface area (Å²) >= 11 is 0.